The van der Waals surface area contributed by atoms with Crippen molar-refractivity contribution in [3.05, 3.63) is 0 Å². The molecule has 2 unspecified atom stereocenters. The normalized spacial score (nSPS) is 13.0. The lowest BCUT2D eigenvalue weighted by atomic mass is 9.84. The van der Waals surface area contributed by atoms with E-state index in [4.69, 9.17) is 0 Å². The molecule has 0 fully saturated rings. The summed E-state index contributed by atoms with van der Waals surface area (Å²) in [5, 5.41) is 19.8. The molecule has 10 heteroatoms. The molecule has 3 amide bonds. The predicted molar refractivity (Wildman–Crippen MR) is 398 cm³/mol. The lowest BCUT2D eigenvalue weighted by Gasteiger charge is -2.31. The summed E-state index contributed by atoms with van der Waals surface area (Å²) in [5.74, 6) is 0.742. The fourth-order valence-corrected chi connectivity index (χ4v) is 11.4. The van der Waals surface area contributed by atoms with Gasteiger partial charge in [-0.3, -0.25) is 19.2 Å². The van der Waals surface area contributed by atoms with Crippen molar-refractivity contribution in [1.82, 2.24) is 31.9 Å². The number of carbonyl (C=O) groups excluding carboxylic acids is 4. The fourth-order valence-electron chi connectivity index (χ4n) is 11.4. The Bertz CT molecular complexity index is 1620. The maximum atomic E-state index is 12.9. The summed E-state index contributed by atoms with van der Waals surface area (Å²) in [7, 11) is 0. The Morgan fingerprint density at radius 1 is 0.289 bits per heavy atom. The Kier molecular flexibility index (Phi) is 58.6. The van der Waals surface area contributed by atoms with Gasteiger partial charge in [0.15, 0.2) is 5.78 Å². The van der Waals surface area contributed by atoms with Crippen LogP contribution >= 0.6 is 0 Å². The maximum absolute atomic E-state index is 12.9. The summed E-state index contributed by atoms with van der Waals surface area (Å²) in [6.07, 6.45) is 53.9. The average Bonchev–Trinajstić information content (AvgIpc) is 1.19. The predicted octanol–water partition coefficient (Wildman–Crippen LogP) is 22.1. The van der Waals surface area contributed by atoms with Gasteiger partial charge in [0, 0.05) is 54.5 Å². The van der Waals surface area contributed by atoms with Crippen molar-refractivity contribution in [2.75, 3.05) is 26.2 Å². The van der Waals surface area contributed by atoms with Crippen molar-refractivity contribution >= 4 is 23.5 Å². The Morgan fingerprint density at radius 2 is 0.567 bits per heavy atom. The zero-order valence-corrected chi connectivity index (χ0v) is 64.7. The van der Waals surface area contributed by atoms with E-state index >= 15 is 0 Å². The summed E-state index contributed by atoms with van der Waals surface area (Å²) >= 11 is 0. The van der Waals surface area contributed by atoms with Crippen LogP contribution in [-0.4, -0.2) is 78.4 Å². The van der Waals surface area contributed by atoms with Gasteiger partial charge in [-0.1, -0.05) is 269 Å². The number of unbranched alkanes of at least 4 members (excludes halogenated alkanes) is 32. The standard InChI is InChI=1S/C36H73N3O2.C30H60N2O2.C14H31N/c1-8-9-10-11-12-13-14-15-16-17-18-19-22-28-33(40)37-30-26-23-27-32(39-36(5,6)7)34(41)38-31-25-21-20-24-29-35(2,3)4;1-8-9-10-11-12-13-14-15-16-17-18-19-20-24-27(33)31-25-22-21-23-26(32-30(5,6)7)28(34)29(2,3)4;1-13(2,3)11-9-7-8-10-12-15-14(4,5)6/h32,39H,8-31H2,1-7H3,(H,37,40)(H,38,41);26,32H,8-25H2,1-7H3,(H,31,33);15H,7-12H2,1-6H3. The first-order chi connectivity index (χ1) is 42.1. The van der Waals surface area contributed by atoms with E-state index in [1.54, 1.807) is 0 Å². The van der Waals surface area contributed by atoms with Crippen molar-refractivity contribution in [2.45, 2.75) is 450 Å². The molecule has 0 aliphatic heterocycles. The van der Waals surface area contributed by atoms with Crippen LogP contribution in [0.5, 0.6) is 0 Å². The summed E-state index contributed by atoms with van der Waals surface area (Å²) in [5.41, 5.74) is 0.666. The van der Waals surface area contributed by atoms with Crippen LogP contribution in [0.25, 0.3) is 0 Å². The van der Waals surface area contributed by atoms with E-state index in [0.29, 0.717) is 36.8 Å². The number of amides is 3. The number of Topliss-reactive ketones (excluding diaryl/α,β-unsaturated/α-hetero) is 1. The summed E-state index contributed by atoms with van der Waals surface area (Å²) in [4.78, 5) is 50.0. The molecule has 0 aromatic carbocycles. The number of ketones is 1. The van der Waals surface area contributed by atoms with E-state index in [9.17, 15) is 19.2 Å². The molecule has 0 aromatic rings. The van der Waals surface area contributed by atoms with Gasteiger partial charge in [0.1, 0.15) is 0 Å². The Hall–Kier alpha value is -2.04. The highest BCUT2D eigenvalue weighted by Crippen LogP contribution is 2.25. The molecule has 0 radical (unpaired) electrons. The van der Waals surface area contributed by atoms with Gasteiger partial charge in [-0.05, 0) is 157 Å². The minimum Gasteiger partial charge on any atom is -0.356 e. The first-order valence-corrected chi connectivity index (χ1v) is 38.8. The third-order valence-corrected chi connectivity index (χ3v) is 16.7. The van der Waals surface area contributed by atoms with E-state index in [-0.39, 0.29) is 57.6 Å². The molecule has 0 bridgehead atoms. The molecule has 6 N–H and O–H groups in total. The van der Waals surface area contributed by atoms with Crippen LogP contribution in [0.2, 0.25) is 0 Å². The third-order valence-electron chi connectivity index (χ3n) is 16.7. The van der Waals surface area contributed by atoms with Crippen LogP contribution in [-0.2, 0) is 19.2 Å². The topological polar surface area (TPSA) is 140 Å². The zero-order valence-electron chi connectivity index (χ0n) is 64.7. The second-order valence-electron chi connectivity index (χ2n) is 34.1. The molecular weight excluding hydrogens is 1110 g/mol. The monoisotopic (exact) mass is 1270 g/mol. The van der Waals surface area contributed by atoms with Gasteiger partial charge in [-0.15, -0.1) is 0 Å². The average molecular weight is 1270 g/mol. The van der Waals surface area contributed by atoms with Gasteiger partial charge >= 0.3 is 0 Å². The van der Waals surface area contributed by atoms with Crippen molar-refractivity contribution in [3.63, 3.8) is 0 Å². The van der Waals surface area contributed by atoms with Gasteiger partial charge in [-0.25, -0.2) is 0 Å². The molecule has 0 saturated carbocycles. The first-order valence-electron chi connectivity index (χ1n) is 38.8. The molecule has 2 atom stereocenters. The number of hydrogen-bond donors (Lipinski definition) is 6. The molecule has 0 aliphatic carbocycles. The van der Waals surface area contributed by atoms with E-state index in [2.05, 4.69) is 150 Å². The highest BCUT2D eigenvalue weighted by Gasteiger charge is 2.31. The molecule has 0 spiro atoms. The highest BCUT2D eigenvalue weighted by molar-refractivity contribution is 5.88. The molecule has 10 nitrogen and oxygen atoms in total. The lowest BCUT2D eigenvalue weighted by molar-refractivity contribution is -0.129. The quantitative estimate of drug-likeness (QED) is 0.0333. The Labute approximate surface area is 564 Å². The molecule has 0 heterocycles. The van der Waals surface area contributed by atoms with Gasteiger partial charge in [-0.2, -0.15) is 0 Å². The van der Waals surface area contributed by atoms with Crippen LogP contribution in [0.4, 0.5) is 0 Å². The Balaban J connectivity index is -0.00000139. The molecule has 538 valence electrons. The smallest absolute Gasteiger partial charge is 0.237 e. The molecular formula is C80H164N6O4. The van der Waals surface area contributed by atoms with E-state index in [1.807, 2.05) is 20.8 Å². The second kappa shape index (κ2) is 57.2. The first kappa shape index (κ1) is 92.1. The molecule has 0 rings (SSSR count). The van der Waals surface area contributed by atoms with Crippen LogP contribution < -0.4 is 31.9 Å². The molecule has 90 heavy (non-hydrogen) atoms. The molecule has 0 aliphatic rings. The van der Waals surface area contributed by atoms with Crippen molar-refractivity contribution < 1.29 is 19.2 Å². The van der Waals surface area contributed by atoms with E-state index in [0.717, 1.165) is 70.8 Å². The molecule has 0 aromatic heterocycles. The lowest BCUT2D eigenvalue weighted by Crippen LogP contribution is -2.51. The summed E-state index contributed by atoms with van der Waals surface area (Å²) < 4.78 is 0. The number of hydrogen-bond acceptors (Lipinski definition) is 7. The zero-order chi connectivity index (χ0) is 68.6. The van der Waals surface area contributed by atoms with Crippen LogP contribution in [0.15, 0.2) is 0 Å². The number of carbonyl (C=O) groups is 4. The van der Waals surface area contributed by atoms with E-state index < -0.39 is 0 Å². The maximum Gasteiger partial charge on any atom is 0.237 e. The number of nitrogens with one attached hydrogen (secondary N) is 6. The van der Waals surface area contributed by atoms with Crippen LogP contribution in [0.1, 0.15) is 421 Å². The number of rotatable bonds is 54. The summed E-state index contributed by atoms with van der Waals surface area (Å²) in [6.45, 7) is 47.1. The third kappa shape index (κ3) is 75.0. The molecule has 0 saturated heterocycles. The second-order valence-corrected chi connectivity index (χ2v) is 34.1. The van der Waals surface area contributed by atoms with Gasteiger partial charge in [0.05, 0.1) is 12.1 Å². The minimum absolute atomic E-state index is 0.0896. The fraction of sp³-hybridized carbons (Fsp3) is 0.950. The summed E-state index contributed by atoms with van der Waals surface area (Å²) in [6, 6.07) is -0.307. The van der Waals surface area contributed by atoms with Gasteiger partial charge in [0.25, 0.3) is 0 Å². The van der Waals surface area contributed by atoms with Crippen LogP contribution in [0.3, 0.4) is 0 Å². The van der Waals surface area contributed by atoms with Crippen molar-refractivity contribution in [2.24, 2.45) is 16.2 Å². The highest BCUT2D eigenvalue weighted by atomic mass is 16.2. The van der Waals surface area contributed by atoms with Crippen molar-refractivity contribution in [1.29, 1.82) is 0 Å². The van der Waals surface area contributed by atoms with Crippen LogP contribution in [0, 0.1) is 16.2 Å². The van der Waals surface area contributed by atoms with Gasteiger partial charge in [0.2, 0.25) is 17.7 Å². The van der Waals surface area contributed by atoms with E-state index in [1.165, 1.54) is 212 Å². The van der Waals surface area contributed by atoms with Crippen molar-refractivity contribution in [3.8, 4) is 0 Å². The minimum atomic E-state index is -0.342. The SMILES string of the molecule is CC(C)(C)CCCCCCNC(C)(C)C.CCCCCCCCCCCCCCCC(=O)NCCCCC(NC(C)(C)C)C(=O)C(C)(C)C.CCCCCCCCCCCCCCCC(=O)NCCCCC(NC(C)(C)C)C(=O)NCCCCCCC(C)(C)C. The Morgan fingerprint density at radius 3 is 0.889 bits per heavy atom. The van der Waals surface area contributed by atoms with Gasteiger partial charge < -0.3 is 31.9 Å². The largest absolute Gasteiger partial charge is 0.356 e.